The van der Waals surface area contributed by atoms with E-state index in [0.29, 0.717) is 18.5 Å². The number of rotatable bonds is 4. The van der Waals surface area contributed by atoms with Gasteiger partial charge in [0.05, 0.1) is 4.92 Å². The van der Waals surface area contributed by atoms with Crippen molar-refractivity contribution in [2.45, 2.75) is 12.5 Å². The molecule has 84 valence electrons. The van der Waals surface area contributed by atoms with Crippen LogP contribution >= 0.6 is 12.4 Å². The fourth-order valence-electron chi connectivity index (χ4n) is 1.30. The Morgan fingerprint density at radius 1 is 1.40 bits per heavy atom. The lowest BCUT2D eigenvalue weighted by Gasteiger charge is -2.10. The first-order chi connectivity index (χ1) is 6.66. The Bertz CT molecular complexity index is 333. The summed E-state index contributed by atoms with van der Waals surface area (Å²) >= 11 is 0. The van der Waals surface area contributed by atoms with Gasteiger partial charge in [0, 0.05) is 17.7 Å². The van der Waals surface area contributed by atoms with Crippen LogP contribution in [0.3, 0.4) is 0 Å². The van der Waals surface area contributed by atoms with Gasteiger partial charge in [0.15, 0.2) is 0 Å². The fourth-order valence-corrected chi connectivity index (χ4v) is 1.30. The van der Waals surface area contributed by atoms with E-state index < -0.39 is 4.92 Å². The van der Waals surface area contributed by atoms with Crippen molar-refractivity contribution in [1.29, 1.82) is 0 Å². The molecule has 5 nitrogen and oxygen atoms in total. The van der Waals surface area contributed by atoms with Crippen LogP contribution in [-0.4, -0.2) is 11.5 Å². The van der Waals surface area contributed by atoms with Crippen molar-refractivity contribution in [1.82, 2.24) is 0 Å². The highest BCUT2D eigenvalue weighted by Gasteiger charge is 2.17. The van der Waals surface area contributed by atoms with Crippen molar-refractivity contribution < 1.29 is 4.92 Å². The summed E-state index contributed by atoms with van der Waals surface area (Å²) in [6.07, 6.45) is 0.546. The predicted octanol–water partition coefficient (Wildman–Crippen LogP) is 1.37. The molecule has 0 amide bonds. The van der Waals surface area contributed by atoms with Crippen LogP contribution in [0.5, 0.6) is 0 Å². The molecule has 1 rings (SSSR count). The molecule has 6 heteroatoms. The Morgan fingerprint density at radius 2 is 2.00 bits per heavy atom. The summed E-state index contributed by atoms with van der Waals surface area (Å²) < 4.78 is 0. The topological polar surface area (TPSA) is 95.2 Å². The summed E-state index contributed by atoms with van der Waals surface area (Å²) in [7, 11) is 0. The number of halogens is 1. The summed E-state index contributed by atoms with van der Waals surface area (Å²) in [5, 5.41) is 10.6. The van der Waals surface area contributed by atoms with Crippen LogP contribution in [0.25, 0.3) is 0 Å². The summed E-state index contributed by atoms with van der Waals surface area (Å²) in [5.41, 5.74) is 11.7. The third-order valence-electron chi connectivity index (χ3n) is 2.01. The molecular weight excluding hydrogens is 218 g/mol. The van der Waals surface area contributed by atoms with E-state index >= 15 is 0 Å². The van der Waals surface area contributed by atoms with Gasteiger partial charge in [0.25, 0.3) is 5.69 Å². The van der Waals surface area contributed by atoms with Crippen LogP contribution in [0.1, 0.15) is 18.0 Å². The van der Waals surface area contributed by atoms with Gasteiger partial charge in [0.1, 0.15) is 0 Å². The molecule has 1 atom stereocenters. The van der Waals surface area contributed by atoms with E-state index in [0.717, 1.165) is 0 Å². The van der Waals surface area contributed by atoms with Crippen LogP contribution in [0.2, 0.25) is 0 Å². The van der Waals surface area contributed by atoms with Gasteiger partial charge in [-0.2, -0.15) is 0 Å². The maximum atomic E-state index is 10.6. The molecule has 0 aliphatic rings. The molecule has 0 radical (unpaired) electrons. The molecular formula is C9H14ClN3O2. The van der Waals surface area contributed by atoms with E-state index in [2.05, 4.69) is 0 Å². The second-order valence-electron chi connectivity index (χ2n) is 3.00. The van der Waals surface area contributed by atoms with Crippen LogP contribution in [0.4, 0.5) is 5.69 Å². The zero-order chi connectivity index (χ0) is 10.6. The molecule has 0 unspecified atom stereocenters. The number of hydrogen-bond donors (Lipinski definition) is 2. The van der Waals surface area contributed by atoms with Gasteiger partial charge in [-0.3, -0.25) is 10.1 Å². The lowest BCUT2D eigenvalue weighted by Crippen LogP contribution is -2.16. The Morgan fingerprint density at radius 3 is 2.53 bits per heavy atom. The first-order valence-corrected chi connectivity index (χ1v) is 4.35. The number of benzene rings is 1. The van der Waals surface area contributed by atoms with Crippen LogP contribution < -0.4 is 11.5 Å². The number of nitrogens with two attached hydrogens (primary N) is 2. The third-order valence-corrected chi connectivity index (χ3v) is 2.01. The average Bonchev–Trinajstić information content (AvgIpc) is 2.18. The van der Waals surface area contributed by atoms with Crippen molar-refractivity contribution in [2.24, 2.45) is 11.5 Å². The van der Waals surface area contributed by atoms with Crippen LogP contribution in [-0.2, 0) is 0 Å². The molecule has 4 N–H and O–H groups in total. The molecule has 0 bridgehead atoms. The van der Waals surface area contributed by atoms with Gasteiger partial charge in [-0.15, -0.1) is 12.4 Å². The van der Waals surface area contributed by atoms with Gasteiger partial charge in [-0.25, -0.2) is 0 Å². The maximum absolute atomic E-state index is 10.6. The fraction of sp³-hybridized carbons (Fsp3) is 0.333. The molecule has 0 fully saturated rings. The van der Waals surface area contributed by atoms with Gasteiger partial charge >= 0.3 is 0 Å². The molecule has 0 spiro atoms. The predicted molar refractivity (Wildman–Crippen MR) is 60.9 cm³/mol. The lowest BCUT2D eigenvalue weighted by atomic mass is 10.0. The number of nitro benzene ring substituents is 1. The molecule has 0 saturated carbocycles. The lowest BCUT2D eigenvalue weighted by molar-refractivity contribution is -0.385. The van der Waals surface area contributed by atoms with Crippen molar-refractivity contribution in [3.8, 4) is 0 Å². The zero-order valence-corrected chi connectivity index (χ0v) is 8.94. The Hall–Kier alpha value is -1.17. The largest absolute Gasteiger partial charge is 0.330 e. The quantitative estimate of drug-likeness (QED) is 0.604. The van der Waals surface area contributed by atoms with E-state index in [1.807, 2.05) is 0 Å². The van der Waals surface area contributed by atoms with Crippen molar-refractivity contribution in [3.05, 3.63) is 39.9 Å². The van der Waals surface area contributed by atoms with E-state index in [1.165, 1.54) is 6.07 Å². The van der Waals surface area contributed by atoms with Gasteiger partial charge in [0.2, 0.25) is 0 Å². The van der Waals surface area contributed by atoms with Gasteiger partial charge < -0.3 is 11.5 Å². The van der Waals surface area contributed by atoms with Gasteiger partial charge in [-0.1, -0.05) is 18.2 Å². The smallest absolute Gasteiger partial charge is 0.274 e. The Labute approximate surface area is 94.0 Å². The zero-order valence-electron chi connectivity index (χ0n) is 8.13. The maximum Gasteiger partial charge on any atom is 0.274 e. The number of para-hydroxylation sites is 1. The number of nitro groups is 1. The standard InChI is InChI=1S/C9H13N3O2.ClH/c10-6-5-8(11)7-3-1-2-4-9(7)12(13)14;/h1-4,8H,5-6,10-11H2;1H/t8-;/m1./s1. The first-order valence-electron chi connectivity index (χ1n) is 4.35. The summed E-state index contributed by atoms with van der Waals surface area (Å²) in [5.74, 6) is 0. The minimum atomic E-state index is -0.425. The molecule has 15 heavy (non-hydrogen) atoms. The summed E-state index contributed by atoms with van der Waals surface area (Å²) in [6, 6.07) is 6.11. The van der Waals surface area contributed by atoms with E-state index in [4.69, 9.17) is 11.5 Å². The SMILES string of the molecule is Cl.NCC[C@@H](N)c1ccccc1[N+](=O)[O-]. The van der Waals surface area contributed by atoms with Crippen molar-refractivity contribution >= 4 is 18.1 Å². The highest BCUT2D eigenvalue weighted by Crippen LogP contribution is 2.24. The summed E-state index contributed by atoms with van der Waals surface area (Å²) in [4.78, 5) is 10.2. The molecule has 0 aliphatic carbocycles. The van der Waals surface area contributed by atoms with Crippen molar-refractivity contribution in [3.63, 3.8) is 0 Å². The first kappa shape index (κ1) is 13.8. The number of nitrogens with zero attached hydrogens (tertiary/aromatic N) is 1. The molecule has 1 aromatic carbocycles. The molecule has 0 aromatic heterocycles. The highest BCUT2D eigenvalue weighted by atomic mass is 35.5. The monoisotopic (exact) mass is 231 g/mol. The second-order valence-corrected chi connectivity index (χ2v) is 3.00. The molecule has 0 aliphatic heterocycles. The molecule has 0 saturated heterocycles. The van der Waals surface area contributed by atoms with Crippen LogP contribution in [0.15, 0.2) is 24.3 Å². The second kappa shape index (κ2) is 6.34. The normalized spacial score (nSPS) is 11.6. The number of hydrogen-bond acceptors (Lipinski definition) is 4. The average molecular weight is 232 g/mol. The van der Waals surface area contributed by atoms with Crippen LogP contribution in [0, 0.1) is 10.1 Å². The minimum Gasteiger partial charge on any atom is -0.330 e. The van der Waals surface area contributed by atoms with Crippen molar-refractivity contribution in [2.75, 3.05) is 6.54 Å². The van der Waals surface area contributed by atoms with E-state index in [-0.39, 0.29) is 24.1 Å². The van der Waals surface area contributed by atoms with E-state index in [9.17, 15) is 10.1 Å². The molecule has 0 heterocycles. The minimum absolute atomic E-state index is 0. The Kier molecular flexibility index (Phi) is 5.84. The Balaban J connectivity index is 0.00000196. The van der Waals surface area contributed by atoms with Gasteiger partial charge in [-0.05, 0) is 13.0 Å². The summed E-state index contributed by atoms with van der Waals surface area (Å²) in [6.45, 7) is 0.424. The third kappa shape index (κ3) is 3.47. The van der Waals surface area contributed by atoms with E-state index in [1.54, 1.807) is 18.2 Å². The molecule has 1 aromatic rings. The highest BCUT2D eigenvalue weighted by molar-refractivity contribution is 5.85.